The van der Waals surface area contributed by atoms with Crippen LogP contribution in [0.25, 0.3) is 0 Å². The van der Waals surface area contributed by atoms with Crippen molar-refractivity contribution in [3.05, 3.63) is 23.9 Å². The maximum atomic E-state index is 5.85. The van der Waals surface area contributed by atoms with E-state index in [0.29, 0.717) is 25.0 Å². The van der Waals surface area contributed by atoms with E-state index in [-0.39, 0.29) is 29.5 Å². The van der Waals surface area contributed by atoms with Gasteiger partial charge in [-0.05, 0) is 46.5 Å². The molecular weight excluding hydrogens is 393 g/mol. The van der Waals surface area contributed by atoms with Crippen molar-refractivity contribution in [3.8, 4) is 5.88 Å². The van der Waals surface area contributed by atoms with Crippen molar-refractivity contribution in [3.63, 3.8) is 0 Å². The Hall–Kier alpha value is -1.09. The molecule has 0 bridgehead atoms. The first-order valence-electron chi connectivity index (χ1n) is 7.07. The number of halogens is 1. The fraction of sp³-hybridized carbons (Fsp3) is 0.600. The number of ether oxygens (including phenoxy) is 1. The minimum atomic E-state index is -0.0910. The van der Waals surface area contributed by atoms with Crippen molar-refractivity contribution < 1.29 is 4.74 Å². The van der Waals surface area contributed by atoms with Gasteiger partial charge < -0.3 is 20.7 Å². The lowest BCUT2D eigenvalue weighted by atomic mass is 10.1. The molecule has 0 aliphatic carbocycles. The van der Waals surface area contributed by atoms with Crippen molar-refractivity contribution >= 4 is 29.9 Å². The van der Waals surface area contributed by atoms with E-state index in [2.05, 4.69) is 20.2 Å². The lowest BCUT2D eigenvalue weighted by Gasteiger charge is -2.21. The molecule has 7 heteroatoms. The van der Waals surface area contributed by atoms with Crippen LogP contribution in [0.1, 0.15) is 26.3 Å². The van der Waals surface area contributed by atoms with Crippen molar-refractivity contribution in [2.24, 2.45) is 10.7 Å². The summed E-state index contributed by atoms with van der Waals surface area (Å²) in [6, 6.07) is 3.80. The Kier molecular flexibility index (Phi) is 9.34. The van der Waals surface area contributed by atoms with Crippen LogP contribution in [0.2, 0.25) is 0 Å². The highest BCUT2D eigenvalue weighted by Crippen LogP contribution is 2.10. The van der Waals surface area contributed by atoms with Gasteiger partial charge in [0.15, 0.2) is 5.96 Å². The van der Waals surface area contributed by atoms with Crippen molar-refractivity contribution in [2.45, 2.75) is 32.9 Å². The van der Waals surface area contributed by atoms with E-state index in [9.17, 15) is 0 Å². The average Bonchev–Trinajstić information content (AvgIpc) is 2.34. The van der Waals surface area contributed by atoms with Gasteiger partial charge in [-0.2, -0.15) is 0 Å². The third kappa shape index (κ3) is 9.78. The fourth-order valence-electron chi connectivity index (χ4n) is 1.56. The third-order valence-electron chi connectivity index (χ3n) is 2.52. The topological polar surface area (TPSA) is 75.8 Å². The number of pyridine rings is 1. The number of nitrogens with one attached hydrogen (secondary N) is 1. The van der Waals surface area contributed by atoms with Gasteiger partial charge in [0.2, 0.25) is 5.88 Å². The highest BCUT2D eigenvalue weighted by Gasteiger charge is 2.09. The molecule has 0 saturated carbocycles. The SMILES string of the molecule is CN(C)CCOc1cc(CN=C(N)NC(C)(C)C)ccn1.I. The molecule has 1 aromatic heterocycles. The Morgan fingerprint density at radius 1 is 1.41 bits per heavy atom. The van der Waals surface area contributed by atoms with Crippen LogP contribution in [-0.4, -0.2) is 48.6 Å². The predicted molar refractivity (Wildman–Crippen MR) is 102 cm³/mol. The first-order valence-corrected chi connectivity index (χ1v) is 7.07. The van der Waals surface area contributed by atoms with Gasteiger partial charge in [-0.25, -0.2) is 9.98 Å². The standard InChI is InChI=1S/C15H27N5O.HI/c1-15(2,3)19-14(16)18-11-12-6-7-17-13(10-12)21-9-8-20(4)5;/h6-7,10H,8-9,11H2,1-5H3,(H3,16,18,19);1H. The van der Waals surface area contributed by atoms with Gasteiger partial charge in [-0.1, -0.05) is 0 Å². The number of hydrogen-bond donors (Lipinski definition) is 2. The highest BCUT2D eigenvalue weighted by atomic mass is 127. The van der Waals surface area contributed by atoms with Crippen LogP contribution in [0.15, 0.2) is 23.3 Å². The molecule has 0 unspecified atom stereocenters. The zero-order valence-corrected chi connectivity index (χ0v) is 16.4. The largest absolute Gasteiger partial charge is 0.476 e. The molecule has 1 heterocycles. The molecule has 22 heavy (non-hydrogen) atoms. The maximum Gasteiger partial charge on any atom is 0.213 e. The third-order valence-corrected chi connectivity index (χ3v) is 2.52. The Labute approximate surface area is 150 Å². The van der Waals surface area contributed by atoms with E-state index in [0.717, 1.165) is 12.1 Å². The van der Waals surface area contributed by atoms with Crippen LogP contribution in [0.3, 0.4) is 0 Å². The molecule has 0 fully saturated rings. The number of likely N-dealkylation sites (N-methyl/N-ethyl adjacent to an activating group) is 1. The second kappa shape index (κ2) is 9.83. The molecule has 126 valence electrons. The van der Waals surface area contributed by atoms with E-state index >= 15 is 0 Å². The van der Waals surface area contributed by atoms with Crippen LogP contribution in [0.4, 0.5) is 0 Å². The summed E-state index contributed by atoms with van der Waals surface area (Å²) in [6.07, 6.45) is 1.73. The van der Waals surface area contributed by atoms with Crippen LogP contribution in [0.5, 0.6) is 5.88 Å². The molecule has 0 aliphatic heterocycles. The molecule has 3 N–H and O–H groups in total. The molecule has 0 saturated heterocycles. The molecule has 0 radical (unpaired) electrons. The smallest absolute Gasteiger partial charge is 0.213 e. The molecule has 0 atom stereocenters. The fourth-order valence-corrected chi connectivity index (χ4v) is 1.56. The molecule has 0 amide bonds. The molecule has 6 nitrogen and oxygen atoms in total. The first kappa shape index (κ1) is 20.9. The molecule has 1 rings (SSSR count). The molecule has 0 spiro atoms. The van der Waals surface area contributed by atoms with Crippen molar-refractivity contribution in [1.29, 1.82) is 0 Å². The Morgan fingerprint density at radius 3 is 2.68 bits per heavy atom. The Morgan fingerprint density at radius 2 is 2.09 bits per heavy atom. The molecule has 0 aromatic carbocycles. The zero-order chi connectivity index (χ0) is 15.9. The van der Waals surface area contributed by atoms with Crippen LogP contribution in [0, 0.1) is 0 Å². The first-order chi connectivity index (χ1) is 9.76. The summed E-state index contributed by atoms with van der Waals surface area (Å²) in [4.78, 5) is 10.6. The van der Waals surface area contributed by atoms with E-state index < -0.39 is 0 Å². The van der Waals surface area contributed by atoms with Crippen molar-refractivity contribution in [1.82, 2.24) is 15.2 Å². The number of nitrogens with zero attached hydrogens (tertiary/aromatic N) is 3. The quantitative estimate of drug-likeness (QED) is 0.417. The number of guanidine groups is 1. The average molecular weight is 421 g/mol. The number of rotatable bonds is 6. The van der Waals surface area contributed by atoms with Gasteiger partial charge in [0, 0.05) is 24.3 Å². The Balaban J connectivity index is 0.00000441. The normalized spacial score (nSPS) is 12.0. The van der Waals surface area contributed by atoms with Crippen LogP contribution >= 0.6 is 24.0 Å². The van der Waals surface area contributed by atoms with E-state index in [1.165, 1.54) is 0 Å². The van der Waals surface area contributed by atoms with Gasteiger partial charge >= 0.3 is 0 Å². The summed E-state index contributed by atoms with van der Waals surface area (Å²) >= 11 is 0. The summed E-state index contributed by atoms with van der Waals surface area (Å²) < 4.78 is 5.60. The number of hydrogen-bond acceptors (Lipinski definition) is 4. The minimum absolute atomic E-state index is 0. The van der Waals surface area contributed by atoms with Gasteiger partial charge in [0.25, 0.3) is 0 Å². The van der Waals surface area contributed by atoms with Gasteiger partial charge in [-0.3, -0.25) is 0 Å². The summed E-state index contributed by atoms with van der Waals surface area (Å²) in [7, 11) is 4.01. The Bertz CT molecular complexity index is 471. The summed E-state index contributed by atoms with van der Waals surface area (Å²) in [6.45, 7) is 8.09. The summed E-state index contributed by atoms with van der Waals surface area (Å²) in [5, 5.41) is 3.13. The summed E-state index contributed by atoms with van der Waals surface area (Å²) in [5.74, 6) is 1.06. The predicted octanol–water partition coefficient (Wildman–Crippen LogP) is 1.84. The number of nitrogens with two attached hydrogens (primary N) is 1. The van der Waals surface area contributed by atoms with E-state index in [4.69, 9.17) is 10.5 Å². The van der Waals surface area contributed by atoms with Crippen molar-refractivity contribution in [2.75, 3.05) is 27.2 Å². The molecule has 0 aliphatic rings. The second-order valence-corrected chi connectivity index (χ2v) is 6.23. The van der Waals surface area contributed by atoms with Crippen LogP contribution in [-0.2, 0) is 6.54 Å². The number of aromatic nitrogens is 1. The van der Waals surface area contributed by atoms with Gasteiger partial charge in [0.1, 0.15) is 6.61 Å². The van der Waals surface area contributed by atoms with E-state index in [1.54, 1.807) is 6.20 Å². The number of aliphatic imine (C=N–C) groups is 1. The van der Waals surface area contributed by atoms with Gasteiger partial charge in [-0.15, -0.1) is 24.0 Å². The highest BCUT2D eigenvalue weighted by molar-refractivity contribution is 14.0. The van der Waals surface area contributed by atoms with Gasteiger partial charge in [0.05, 0.1) is 6.54 Å². The minimum Gasteiger partial charge on any atom is -0.476 e. The maximum absolute atomic E-state index is 5.85. The molecule has 1 aromatic rings. The van der Waals surface area contributed by atoms with Crippen LogP contribution < -0.4 is 15.8 Å². The lowest BCUT2D eigenvalue weighted by Crippen LogP contribution is -2.44. The monoisotopic (exact) mass is 421 g/mol. The zero-order valence-electron chi connectivity index (χ0n) is 14.1. The second-order valence-electron chi connectivity index (χ2n) is 6.23. The summed E-state index contributed by atoms with van der Waals surface area (Å²) in [5.41, 5.74) is 6.77. The molecular formula is C15H28IN5O. The lowest BCUT2D eigenvalue weighted by molar-refractivity contribution is 0.253. The van der Waals surface area contributed by atoms with E-state index in [1.807, 2.05) is 47.0 Å².